The first-order chi connectivity index (χ1) is 14.6. The Bertz CT molecular complexity index is 1140. The van der Waals surface area contributed by atoms with Crippen molar-refractivity contribution < 1.29 is 41.8 Å². The fourth-order valence-corrected chi connectivity index (χ4v) is 3.50. The summed E-state index contributed by atoms with van der Waals surface area (Å²) in [6.07, 6.45) is -5.68. The van der Waals surface area contributed by atoms with Crippen LogP contribution in [0.25, 0.3) is 10.2 Å². The Morgan fingerprint density at radius 1 is 1.19 bits per heavy atom. The molecular formula is C18H14F3N3O6S. The molecular weight excluding hydrogens is 443 g/mol. The minimum Gasteiger partial charge on any atom is -0.465 e. The van der Waals surface area contributed by atoms with Gasteiger partial charge in [0.05, 0.1) is 23.9 Å². The number of halogens is 3. The van der Waals surface area contributed by atoms with Gasteiger partial charge < -0.3 is 19.5 Å². The number of thiophene rings is 1. The maximum atomic E-state index is 12.5. The second-order valence-electron chi connectivity index (χ2n) is 5.80. The molecule has 0 spiro atoms. The molecule has 2 aromatic heterocycles. The molecule has 0 bridgehead atoms. The van der Waals surface area contributed by atoms with Crippen molar-refractivity contribution in [2.75, 3.05) is 19.0 Å². The van der Waals surface area contributed by atoms with E-state index in [1.165, 1.54) is 13.2 Å². The van der Waals surface area contributed by atoms with Gasteiger partial charge in [0.1, 0.15) is 10.6 Å². The van der Waals surface area contributed by atoms with Crippen LogP contribution in [0.3, 0.4) is 0 Å². The molecule has 31 heavy (non-hydrogen) atoms. The second kappa shape index (κ2) is 8.63. The van der Waals surface area contributed by atoms with E-state index in [9.17, 15) is 27.6 Å². The van der Waals surface area contributed by atoms with E-state index in [0.717, 1.165) is 40.3 Å². The molecule has 3 aromatic rings. The zero-order valence-corrected chi connectivity index (χ0v) is 16.8. The molecule has 1 amide bonds. The van der Waals surface area contributed by atoms with Crippen LogP contribution >= 0.6 is 11.3 Å². The Hall–Kier alpha value is -3.61. The third-order valence-electron chi connectivity index (χ3n) is 3.77. The summed E-state index contributed by atoms with van der Waals surface area (Å²) >= 11 is 0.934. The lowest BCUT2D eigenvalue weighted by Gasteiger charge is -2.09. The Labute approximate surface area is 176 Å². The predicted molar refractivity (Wildman–Crippen MR) is 102 cm³/mol. The number of nitrogens with zero attached hydrogens (tertiary/aromatic N) is 2. The van der Waals surface area contributed by atoms with Crippen molar-refractivity contribution in [3.8, 4) is 5.75 Å². The maximum Gasteiger partial charge on any atom is 0.573 e. The fraction of sp³-hybridized carbons (Fsp3) is 0.222. The van der Waals surface area contributed by atoms with Gasteiger partial charge in [-0.3, -0.25) is 4.79 Å². The van der Waals surface area contributed by atoms with Gasteiger partial charge in [0.25, 0.3) is 5.91 Å². The van der Waals surface area contributed by atoms with Crippen LogP contribution in [-0.4, -0.2) is 47.8 Å². The largest absolute Gasteiger partial charge is 0.573 e. The number of nitrogens with one attached hydrogen (secondary N) is 1. The molecule has 0 saturated heterocycles. The van der Waals surface area contributed by atoms with Crippen molar-refractivity contribution in [2.45, 2.75) is 13.3 Å². The van der Waals surface area contributed by atoms with Gasteiger partial charge >= 0.3 is 18.4 Å². The first kappa shape index (κ1) is 22.1. The van der Waals surface area contributed by atoms with Crippen LogP contribution in [0.4, 0.5) is 23.8 Å². The summed E-state index contributed by atoms with van der Waals surface area (Å²) in [5.41, 5.74) is 0.228. The second-order valence-corrected chi connectivity index (χ2v) is 6.85. The topological polar surface area (TPSA) is 109 Å². The minimum atomic E-state index is -4.86. The molecule has 0 aliphatic rings. The van der Waals surface area contributed by atoms with Gasteiger partial charge in [0.15, 0.2) is 5.82 Å². The monoisotopic (exact) mass is 457 g/mol. The number of alkyl halides is 3. The number of benzene rings is 1. The van der Waals surface area contributed by atoms with Crippen molar-refractivity contribution in [3.05, 3.63) is 40.8 Å². The highest BCUT2D eigenvalue weighted by Gasteiger charge is 2.31. The van der Waals surface area contributed by atoms with Crippen molar-refractivity contribution in [1.82, 2.24) is 9.78 Å². The first-order valence-electron chi connectivity index (χ1n) is 8.58. The van der Waals surface area contributed by atoms with Gasteiger partial charge in [-0.05, 0) is 37.3 Å². The molecule has 13 heteroatoms. The van der Waals surface area contributed by atoms with Crippen LogP contribution in [0.5, 0.6) is 5.75 Å². The zero-order chi connectivity index (χ0) is 22.8. The summed E-state index contributed by atoms with van der Waals surface area (Å²) in [5, 5.41) is 6.49. The quantitative estimate of drug-likeness (QED) is 0.576. The smallest absolute Gasteiger partial charge is 0.465 e. The van der Waals surface area contributed by atoms with Crippen LogP contribution in [-0.2, 0) is 9.47 Å². The highest BCUT2D eigenvalue weighted by atomic mass is 32.1. The Morgan fingerprint density at radius 3 is 2.45 bits per heavy atom. The van der Waals surface area contributed by atoms with Gasteiger partial charge in [0.2, 0.25) is 0 Å². The standard InChI is InChI=1S/C18H14F3N3O6S/c1-3-29-17(27)24-11-8-12(16(26)28-2)31-13(11)14(23-24)22-15(25)9-4-6-10(7-5-9)30-18(19,20)21/h4-8H,3H2,1-2H3,(H,22,23,25). The van der Waals surface area contributed by atoms with Crippen LogP contribution < -0.4 is 10.1 Å². The molecule has 2 heterocycles. The number of fused-ring (bicyclic) bond motifs is 1. The Balaban J connectivity index is 1.91. The summed E-state index contributed by atoms with van der Waals surface area (Å²) in [7, 11) is 1.19. The van der Waals surface area contributed by atoms with Crippen molar-refractivity contribution in [1.29, 1.82) is 0 Å². The van der Waals surface area contributed by atoms with E-state index in [1.54, 1.807) is 6.92 Å². The maximum absolute atomic E-state index is 12.5. The fourth-order valence-electron chi connectivity index (χ4n) is 2.50. The van der Waals surface area contributed by atoms with Gasteiger partial charge in [-0.1, -0.05) is 0 Å². The summed E-state index contributed by atoms with van der Waals surface area (Å²) < 4.78 is 51.3. The number of carbonyl (C=O) groups excluding carboxylic acids is 3. The number of anilines is 1. The minimum absolute atomic E-state index is 0.0121. The zero-order valence-electron chi connectivity index (χ0n) is 16.0. The van der Waals surface area contributed by atoms with Gasteiger partial charge in [-0.25, -0.2) is 9.59 Å². The van der Waals surface area contributed by atoms with E-state index in [0.29, 0.717) is 4.70 Å². The normalized spacial score (nSPS) is 11.3. The summed E-state index contributed by atoms with van der Waals surface area (Å²) in [5.74, 6) is -1.88. The van der Waals surface area contributed by atoms with Gasteiger partial charge in [0, 0.05) is 5.56 Å². The van der Waals surface area contributed by atoms with Crippen molar-refractivity contribution in [3.63, 3.8) is 0 Å². The van der Waals surface area contributed by atoms with E-state index in [4.69, 9.17) is 4.74 Å². The summed E-state index contributed by atoms with van der Waals surface area (Å²) in [4.78, 5) is 36.7. The van der Waals surface area contributed by atoms with Crippen molar-refractivity contribution >= 4 is 45.3 Å². The van der Waals surface area contributed by atoms with Crippen LogP contribution in [0.15, 0.2) is 30.3 Å². The summed E-state index contributed by atoms with van der Waals surface area (Å²) in [6, 6.07) is 5.59. The average Bonchev–Trinajstić information content (AvgIpc) is 3.27. The number of ether oxygens (including phenoxy) is 3. The van der Waals surface area contributed by atoms with Crippen molar-refractivity contribution in [2.24, 2.45) is 0 Å². The molecule has 0 radical (unpaired) electrons. The highest BCUT2D eigenvalue weighted by molar-refractivity contribution is 7.21. The molecule has 1 aromatic carbocycles. The van der Waals surface area contributed by atoms with Gasteiger partial charge in [-0.15, -0.1) is 29.6 Å². The van der Waals surface area contributed by atoms with E-state index < -0.39 is 30.1 Å². The molecule has 0 unspecified atom stereocenters. The number of esters is 1. The summed E-state index contributed by atoms with van der Waals surface area (Å²) in [6.45, 7) is 1.67. The molecule has 0 saturated carbocycles. The Morgan fingerprint density at radius 2 is 1.87 bits per heavy atom. The lowest BCUT2D eigenvalue weighted by Crippen LogP contribution is -2.18. The SMILES string of the molecule is CCOC(=O)n1nc(NC(=O)c2ccc(OC(F)(F)F)cc2)c2sc(C(=O)OC)cc21. The van der Waals surface area contributed by atoms with Crippen LogP contribution in [0, 0.1) is 0 Å². The molecule has 3 rings (SSSR count). The number of amides is 1. The van der Waals surface area contributed by atoms with Crippen LogP contribution in [0.1, 0.15) is 27.0 Å². The first-order valence-corrected chi connectivity index (χ1v) is 9.39. The molecule has 1 N–H and O–H groups in total. The molecule has 0 fully saturated rings. The number of rotatable bonds is 5. The Kier molecular flexibility index (Phi) is 6.15. The van der Waals surface area contributed by atoms with Gasteiger partial charge in [-0.2, -0.15) is 4.68 Å². The molecule has 0 aliphatic carbocycles. The van der Waals surface area contributed by atoms with Crippen LogP contribution in [0.2, 0.25) is 0 Å². The molecule has 164 valence electrons. The van der Waals surface area contributed by atoms with E-state index in [-0.39, 0.29) is 28.4 Å². The number of aromatic nitrogens is 2. The third-order valence-corrected chi connectivity index (χ3v) is 4.88. The molecule has 9 nitrogen and oxygen atoms in total. The number of methoxy groups -OCH3 is 1. The lowest BCUT2D eigenvalue weighted by molar-refractivity contribution is -0.274. The van der Waals surface area contributed by atoms with E-state index >= 15 is 0 Å². The average molecular weight is 457 g/mol. The number of hydrogen-bond acceptors (Lipinski definition) is 8. The number of carbonyl (C=O) groups is 3. The van der Waals surface area contributed by atoms with E-state index in [1.807, 2.05) is 0 Å². The highest BCUT2D eigenvalue weighted by Crippen LogP contribution is 2.33. The predicted octanol–water partition coefficient (Wildman–Crippen LogP) is 4.04. The molecule has 0 aliphatic heterocycles. The molecule has 0 atom stereocenters. The third kappa shape index (κ3) is 4.94. The lowest BCUT2D eigenvalue weighted by atomic mass is 10.2. The number of hydrogen-bond donors (Lipinski definition) is 1. The van der Waals surface area contributed by atoms with E-state index in [2.05, 4.69) is 19.9 Å².